The first-order valence-electron chi connectivity index (χ1n) is 7.35. The van der Waals surface area contributed by atoms with Gasteiger partial charge in [-0.15, -0.1) is 0 Å². The largest absolute Gasteiger partial charge is 0.353 e. The van der Waals surface area contributed by atoms with E-state index in [2.05, 4.69) is 22.5 Å². The van der Waals surface area contributed by atoms with Crippen LogP contribution in [0.15, 0.2) is 35.3 Å². The summed E-state index contributed by atoms with van der Waals surface area (Å²) in [4.78, 5) is 17.8. The van der Waals surface area contributed by atoms with Crippen LogP contribution < -0.4 is 10.6 Å². The van der Waals surface area contributed by atoms with E-state index in [4.69, 9.17) is 0 Å². The number of hydrogen-bond acceptors (Lipinski definition) is 2. The Kier molecular flexibility index (Phi) is 5.20. The molecule has 5 heteroatoms. The number of carbonyl (C=O) groups excluding carboxylic acids is 1. The molecule has 1 amide bonds. The molecule has 0 aliphatic heterocycles. The minimum atomic E-state index is 0.0352. The van der Waals surface area contributed by atoms with Crippen molar-refractivity contribution >= 4 is 11.9 Å². The van der Waals surface area contributed by atoms with Gasteiger partial charge in [0.05, 0.1) is 13.1 Å². The number of likely N-dealkylation sites (N-methyl/N-ethyl adjacent to an activating group) is 1. The molecule has 1 aromatic carbocycles. The summed E-state index contributed by atoms with van der Waals surface area (Å²) in [5, 5.41) is 6.48. The standard InChI is InChI=1S/C16H24N4O/c1-12-9-14(12)19-16(18-11-15(21)20(2)3)17-10-13-7-5-4-6-8-13/h4-8,12,14H,9-11H2,1-3H3,(H2,17,18,19). The molecule has 0 bridgehead atoms. The van der Waals surface area contributed by atoms with Crippen molar-refractivity contribution in [1.82, 2.24) is 15.5 Å². The van der Waals surface area contributed by atoms with Gasteiger partial charge >= 0.3 is 0 Å². The van der Waals surface area contributed by atoms with Gasteiger partial charge in [0.15, 0.2) is 5.96 Å². The summed E-state index contributed by atoms with van der Waals surface area (Å²) in [6.07, 6.45) is 1.16. The number of amides is 1. The molecule has 2 unspecified atom stereocenters. The Hall–Kier alpha value is -2.04. The number of aliphatic imine (C=N–C) groups is 1. The highest BCUT2D eigenvalue weighted by Gasteiger charge is 2.33. The first-order chi connectivity index (χ1) is 10.1. The lowest BCUT2D eigenvalue weighted by Crippen LogP contribution is -2.44. The van der Waals surface area contributed by atoms with Gasteiger partial charge in [-0.2, -0.15) is 0 Å². The third-order valence-electron chi connectivity index (χ3n) is 3.60. The second kappa shape index (κ2) is 7.11. The van der Waals surface area contributed by atoms with Crippen LogP contribution in [-0.4, -0.2) is 43.4 Å². The highest BCUT2D eigenvalue weighted by Crippen LogP contribution is 2.28. The molecular formula is C16H24N4O. The number of nitrogens with zero attached hydrogens (tertiary/aromatic N) is 2. The molecule has 1 saturated carbocycles. The molecule has 0 radical (unpaired) electrons. The fourth-order valence-electron chi connectivity index (χ4n) is 1.92. The van der Waals surface area contributed by atoms with Crippen LogP contribution in [0.3, 0.4) is 0 Å². The van der Waals surface area contributed by atoms with Crippen molar-refractivity contribution in [3.8, 4) is 0 Å². The quantitative estimate of drug-likeness (QED) is 0.633. The predicted molar refractivity (Wildman–Crippen MR) is 85.0 cm³/mol. The Bertz CT molecular complexity index is 498. The first-order valence-corrected chi connectivity index (χ1v) is 7.35. The van der Waals surface area contributed by atoms with Gasteiger partial charge in [-0.1, -0.05) is 37.3 Å². The Balaban J connectivity index is 1.92. The van der Waals surface area contributed by atoms with E-state index in [0.717, 1.165) is 12.0 Å². The smallest absolute Gasteiger partial charge is 0.241 e. The van der Waals surface area contributed by atoms with Gasteiger partial charge in [0.25, 0.3) is 0 Å². The van der Waals surface area contributed by atoms with Crippen molar-refractivity contribution < 1.29 is 4.79 Å². The van der Waals surface area contributed by atoms with E-state index in [1.165, 1.54) is 0 Å². The number of nitrogens with one attached hydrogen (secondary N) is 2. The van der Waals surface area contributed by atoms with Crippen LogP contribution in [0.2, 0.25) is 0 Å². The fourth-order valence-corrected chi connectivity index (χ4v) is 1.92. The zero-order chi connectivity index (χ0) is 15.2. The lowest BCUT2D eigenvalue weighted by atomic mass is 10.2. The maximum atomic E-state index is 11.7. The summed E-state index contributed by atoms with van der Waals surface area (Å²) >= 11 is 0. The fraction of sp³-hybridized carbons (Fsp3) is 0.500. The van der Waals surface area contributed by atoms with Crippen molar-refractivity contribution in [3.05, 3.63) is 35.9 Å². The number of guanidine groups is 1. The van der Waals surface area contributed by atoms with E-state index in [1.54, 1.807) is 19.0 Å². The van der Waals surface area contributed by atoms with E-state index < -0.39 is 0 Å². The molecule has 0 aromatic heterocycles. The maximum Gasteiger partial charge on any atom is 0.241 e. The van der Waals surface area contributed by atoms with Crippen LogP contribution in [0.5, 0.6) is 0 Å². The molecule has 2 rings (SSSR count). The van der Waals surface area contributed by atoms with Crippen LogP contribution in [0.1, 0.15) is 18.9 Å². The lowest BCUT2D eigenvalue weighted by molar-refractivity contribution is -0.127. The van der Waals surface area contributed by atoms with Crippen LogP contribution in [-0.2, 0) is 11.3 Å². The average Bonchev–Trinajstić information content (AvgIpc) is 3.17. The maximum absolute atomic E-state index is 11.7. The van der Waals surface area contributed by atoms with Gasteiger partial charge in [-0.05, 0) is 17.9 Å². The molecule has 2 atom stereocenters. The Morgan fingerprint density at radius 2 is 2.00 bits per heavy atom. The Morgan fingerprint density at radius 1 is 1.33 bits per heavy atom. The lowest BCUT2D eigenvalue weighted by Gasteiger charge is -2.15. The third-order valence-corrected chi connectivity index (χ3v) is 3.60. The van der Waals surface area contributed by atoms with Gasteiger partial charge in [0, 0.05) is 20.1 Å². The van der Waals surface area contributed by atoms with E-state index >= 15 is 0 Å². The van der Waals surface area contributed by atoms with Crippen LogP contribution in [0.4, 0.5) is 0 Å². The molecule has 0 heterocycles. The molecule has 0 saturated heterocycles. The van der Waals surface area contributed by atoms with Crippen molar-refractivity contribution in [2.24, 2.45) is 10.9 Å². The molecule has 2 N–H and O–H groups in total. The second-order valence-corrected chi connectivity index (χ2v) is 5.76. The molecular weight excluding hydrogens is 264 g/mol. The van der Waals surface area contributed by atoms with Gasteiger partial charge in [-0.25, -0.2) is 4.99 Å². The molecule has 1 aliphatic carbocycles. The van der Waals surface area contributed by atoms with Crippen molar-refractivity contribution in [2.45, 2.75) is 25.9 Å². The van der Waals surface area contributed by atoms with Crippen LogP contribution >= 0.6 is 0 Å². The minimum Gasteiger partial charge on any atom is -0.353 e. The summed E-state index contributed by atoms with van der Waals surface area (Å²) in [6.45, 7) is 3.07. The van der Waals surface area contributed by atoms with Gasteiger partial charge in [0.2, 0.25) is 5.91 Å². The molecule has 1 fully saturated rings. The number of hydrogen-bond donors (Lipinski definition) is 2. The molecule has 1 aliphatic rings. The monoisotopic (exact) mass is 288 g/mol. The highest BCUT2D eigenvalue weighted by atomic mass is 16.2. The van der Waals surface area contributed by atoms with E-state index in [1.807, 2.05) is 30.3 Å². The van der Waals surface area contributed by atoms with E-state index in [-0.39, 0.29) is 12.5 Å². The zero-order valence-corrected chi connectivity index (χ0v) is 13.0. The van der Waals surface area contributed by atoms with Gasteiger partial charge < -0.3 is 15.5 Å². The van der Waals surface area contributed by atoms with Crippen LogP contribution in [0.25, 0.3) is 0 Å². The molecule has 114 valence electrons. The van der Waals surface area contributed by atoms with Gasteiger partial charge in [-0.3, -0.25) is 4.79 Å². The summed E-state index contributed by atoms with van der Waals surface area (Å²) in [5.41, 5.74) is 1.15. The number of benzene rings is 1. The van der Waals surface area contributed by atoms with E-state index in [0.29, 0.717) is 24.5 Å². The molecule has 0 spiro atoms. The van der Waals surface area contributed by atoms with Crippen molar-refractivity contribution in [3.63, 3.8) is 0 Å². The SMILES string of the molecule is CC1CC1NC(=NCc1ccccc1)NCC(=O)N(C)C. The van der Waals surface area contributed by atoms with E-state index in [9.17, 15) is 4.79 Å². The number of rotatable bonds is 5. The Morgan fingerprint density at radius 3 is 2.57 bits per heavy atom. The average molecular weight is 288 g/mol. The van der Waals surface area contributed by atoms with Gasteiger partial charge in [0.1, 0.15) is 0 Å². The molecule has 1 aromatic rings. The number of carbonyl (C=O) groups is 1. The minimum absolute atomic E-state index is 0.0352. The topological polar surface area (TPSA) is 56.7 Å². The summed E-state index contributed by atoms with van der Waals surface area (Å²) in [5.74, 6) is 1.43. The molecule has 5 nitrogen and oxygen atoms in total. The van der Waals surface area contributed by atoms with Crippen molar-refractivity contribution in [1.29, 1.82) is 0 Å². The Labute approximate surface area is 126 Å². The normalized spacial score (nSPS) is 20.8. The van der Waals surface area contributed by atoms with Crippen LogP contribution in [0, 0.1) is 5.92 Å². The predicted octanol–water partition coefficient (Wildman–Crippen LogP) is 1.22. The third kappa shape index (κ3) is 5.10. The zero-order valence-electron chi connectivity index (χ0n) is 13.0. The second-order valence-electron chi connectivity index (χ2n) is 5.76. The highest BCUT2D eigenvalue weighted by molar-refractivity contribution is 5.86. The van der Waals surface area contributed by atoms with Crippen molar-refractivity contribution in [2.75, 3.05) is 20.6 Å². The summed E-state index contributed by atoms with van der Waals surface area (Å²) in [7, 11) is 3.50. The summed E-state index contributed by atoms with van der Waals surface area (Å²) < 4.78 is 0. The molecule has 21 heavy (non-hydrogen) atoms. The first kappa shape index (κ1) is 15.4. The summed E-state index contributed by atoms with van der Waals surface area (Å²) in [6, 6.07) is 10.6.